The van der Waals surface area contributed by atoms with Crippen LogP contribution in [-0.4, -0.2) is 19.1 Å². The van der Waals surface area contributed by atoms with Crippen LogP contribution in [0.1, 0.15) is 42.0 Å². The summed E-state index contributed by atoms with van der Waals surface area (Å²) in [5, 5.41) is 3.27. The number of rotatable bonds is 3. The fourth-order valence-corrected chi connectivity index (χ4v) is 4.14. The Morgan fingerprint density at radius 3 is 2.56 bits per heavy atom. The van der Waals surface area contributed by atoms with E-state index in [9.17, 15) is 9.18 Å². The molecule has 1 heterocycles. The molecular formula is C21H22FNO2. The number of carbonyl (C=O) groups is 1. The minimum absolute atomic E-state index is 0.0316. The van der Waals surface area contributed by atoms with Crippen molar-refractivity contribution in [3.05, 3.63) is 71.0 Å². The van der Waals surface area contributed by atoms with Crippen LogP contribution in [0.2, 0.25) is 0 Å². The second kappa shape index (κ2) is 6.60. The van der Waals surface area contributed by atoms with Crippen molar-refractivity contribution in [1.82, 2.24) is 5.32 Å². The van der Waals surface area contributed by atoms with E-state index in [0.29, 0.717) is 26.1 Å². The predicted octanol–water partition coefficient (Wildman–Crippen LogP) is 3.68. The fraction of sp³-hybridized carbons (Fsp3) is 0.381. The van der Waals surface area contributed by atoms with E-state index in [1.165, 1.54) is 23.3 Å². The minimum Gasteiger partial charge on any atom is -0.381 e. The van der Waals surface area contributed by atoms with Crippen molar-refractivity contribution in [1.29, 1.82) is 0 Å². The van der Waals surface area contributed by atoms with E-state index in [1.807, 2.05) is 12.1 Å². The van der Waals surface area contributed by atoms with Crippen molar-refractivity contribution < 1.29 is 13.9 Å². The summed E-state index contributed by atoms with van der Waals surface area (Å²) >= 11 is 0. The molecule has 4 rings (SSSR count). The summed E-state index contributed by atoms with van der Waals surface area (Å²) in [4.78, 5) is 13.3. The van der Waals surface area contributed by atoms with Crippen LogP contribution in [0.5, 0.6) is 0 Å². The number of hydrogen-bond acceptors (Lipinski definition) is 2. The molecule has 1 fully saturated rings. The molecule has 2 aliphatic rings. The standard InChI is InChI=1S/C21H22FNO2/c22-17-8-6-16(7-9-17)21(11-13-25-14-12-21)20(24)23-19-10-5-15-3-1-2-4-18(15)19/h1-4,6-9,19H,5,10-14H2,(H,23,24)/t19-/m0/s1. The van der Waals surface area contributed by atoms with Crippen LogP contribution in [0.15, 0.2) is 48.5 Å². The molecule has 3 nitrogen and oxygen atoms in total. The van der Waals surface area contributed by atoms with E-state index < -0.39 is 5.41 Å². The topological polar surface area (TPSA) is 38.3 Å². The Morgan fingerprint density at radius 2 is 1.80 bits per heavy atom. The maximum absolute atomic E-state index is 13.3. The smallest absolute Gasteiger partial charge is 0.231 e. The molecule has 1 saturated heterocycles. The lowest BCUT2D eigenvalue weighted by Gasteiger charge is -2.37. The molecule has 0 saturated carbocycles. The maximum atomic E-state index is 13.3. The molecule has 1 aliphatic carbocycles. The quantitative estimate of drug-likeness (QED) is 0.926. The molecule has 4 heteroatoms. The minimum atomic E-state index is -0.635. The van der Waals surface area contributed by atoms with Gasteiger partial charge in [-0.15, -0.1) is 0 Å². The molecule has 0 radical (unpaired) electrons. The molecule has 0 aromatic heterocycles. The van der Waals surface area contributed by atoms with Crippen LogP contribution in [0.25, 0.3) is 0 Å². The van der Waals surface area contributed by atoms with Gasteiger partial charge in [0.1, 0.15) is 5.82 Å². The van der Waals surface area contributed by atoms with Crippen LogP contribution in [0.3, 0.4) is 0 Å². The summed E-state index contributed by atoms with van der Waals surface area (Å²) in [6.07, 6.45) is 3.17. The Morgan fingerprint density at radius 1 is 1.08 bits per heavy atom. The summed E-state index contributed by atoms with van der Waals surface area (Å²) in [7, 11) is 0. The number of halogens is 1. The van der Waals surface area contributed by atoms with Crippen LogP contribution < -0.4 is 5.32 Å². The monoisotopic (exact) mass is 339 g/mol. The van der Waals surface area contributed by atoms with Crippen LogP contribution in [-0.2, 0) is 21.4 Å². The van der Waals surface area contributed by atoms with Crippen LogP contribution >= 0.6 is 0 Å². The van der Waals surface area contributed by atoms with E-state index in [4.69, 9.17) is 4.74 Å². The number of aryl methyl sites for hydroxylation is 1. The molecule has 1 N–H and O–H groups in total. The molecule has 0 unspecified atom stereocenters. The lowest BCUT2D eigenvalue weighted by molar-refractivity contribution is -0.131. The van der Waals surface area contributed by atoms with Crippen molar-refractivity contribution >= 4 is 5.91 Å². The Hall–Kier alpha value is -2.20. The van der Waals surface area contributed by atoms with E-state index in [0.717, 1.165) is 18.4 Å². The van der Waals surface area contributed by atoms with Gasteiger partial charge in [0.25, 0.3) is 0 Å². The van der Waals surface area contributed by atoms with E-state index in [2.05, 4.69) is 17.4 Å². The third-order valence-electron chi connectivity index (χ3n) is 5.62. The lowest BCUT2D eigenvalue weighted by atomic mass is 9.73. The molecule has 2 aromatic carbocycles. The van der Waals surface area contributed by atoms with Gasteiger partial charge < -0.3 is 10.1 Å². The van der Waals surface area contributed by atoms with Crippen molar-refractivity contribution in [2.45, 2.75) is 37.1 Å². The summed E-state index contributed by atoms with van der Waals surface area (Å²) in [5.41, 5.74) is 2.78. The second-order valence-electron chi connectivity index (χ2n) is 6.96. The first-order valence-corrected chi connectivity index (χ1v) is 8.92. The van der Waals surface area contributed by atoms with Gasteiger partial charge in [-0.2, -0.15) is 0 Å². The van der Waals surface area contributed by atoms with Gasteiger partial charge in [0.05, 0.1) is 11.5 Å². The molecule has 130 valence electrons. The third-order valence-corrected chi connectivity index (χ3v) is 5.62. The average molecular weight is 339 g/mol. The lowest BCUT2D eigenvalue weighted by Crippen LogP contribution is -2.48. The summed E-state index contributed by atoms with van der Waals surface area (Å²) < 4.78 is 18.8. The van der Waals surface area contributed by atoms with Gasteiger partial charge in [-0.3, -0.25) is 4.79 Å². The third kappa shape index (κ3) is 2.95. The molecule has 25 heavy (non-hydrogen) atoms. The highest BCUT2D eigenvalue weighted by molar-refractivity contribution is 5.88. The van der Waals surface area contributed by atoms with Gasteiger partial charge in [0.15, 0.2) is 0 Å². The molecule has 1 amide bonds. The van der Waals surface area contributed by atoms with Gasteiger partial charge in [0.2, 0.25) is 5.91 Å². The Kier molecular flexibility index (Phi) is 4.30. The number of hydrogen-bond donors (Lipinski definition) is 1. The zero-order chi connectivity index (χ0) is 17.3. The average Bonchev–Trinajstić information content (AvgIpc) is 3.06. The van der Waals surface area contributed by atoms with Crippen molar-refractivity contribution in [3.63, 3.8) is 0 Å². The van der Waals surface area contributed by atoms with E-state index in [1.54, 1.807) is 12.1 Å². The zero-order valence-corrected chi connectivity index (χ0v) is 14.1. The fourth-order valence-electron chi connectivity index (χ4n) is 4.14. The van der Waals surface area contributed by atoms with Gasteiger partial charge in [-0.1, -0.05) is 36.4 Å². The van der Waals surface area contributed by atoms with E-state index >= 15 is 0 Å². The SMILES string of the molecule is O=C(N[C@H]1CCc2ccccc21)C1(c2ccc(F)cc2)CCOCC1. The maximum Gasteiger partial charge on any atom is 0.231 e. The number of amides is 1. The van der Waals surface area contributed by atoms with E-state index in [-0.39, 0.29) is 17.8 Å². The number of carbonyl (C=O) groups excluding carboxylic acids is 1. The Labute approximate surface area is 147 Å². The molecule has 0 spiro atoms. The largest absolute Gasteiger partial charge is 0.381 e. The second-order valence-corrected chi connectivity index (χ2v) is 6.96. The van der Waals surface area contributed by atoms with Crippen molar-refractivity contribution in [3.8, 4) is 0 Å². The zero-order valence-electron chi connectivity index (χ0n) is 14.1. The first-order chi connectivity index (χ1) is 12.2. The van der Waals surface area contributed by atoms with Gasteiger partial charge >= 0.3 is 0 Å². The molecule has 1 aliphatic heterocycles. The normalized spacial score (nSPS) is 21.6. The van der Waals surface area contributed by atoms with Crippen molar-refractivity contribution in [2.75, 3.05) is 13.2 Å². The van der Waals surface area contributed by atoms with Crippen LogP contribution in [0.4, 0.5) is 4.39 Å². The van der Waals surface area contributed by atoms with Crippen LogP contribution in [0, 0.1) is 5.82 Å². The highest BCUT2D eigenvalue weighted by Crippen LogP contribution is 2.38. The highest BCUT2D eigenvalue weighted by Gasteiger charge is 2.43. The highest BCUT2D eigenvalue weighted by atomic mass is 19.1. The number of ether oxygens (including phenoxy) is 1. The molecule has 2 aromatic rings. The van der Waals surface area contributed by atoms with Crippen molar-refractivity contribution in [2.24, 2.45) is 0 Å². The Balaban J connectivity index is 1.62. The molecular weight excluding hydrogens is 317 g/mol. The number of nitrogens with one attached hydrogen (secondary N) is 1. The Bertz CT molecular complexity index is 766. The number of fused-ring (bicyclic) bond motifs is 1. The first kappa shape index (κ1) is 16.3. The van der Waals surface area contributed by atoms with Gasteiger partial charge in [0, 0.05) is 13.2 Å². The molecule has 1 atom stereocenters. The van der Waals surface area contributed by atoms with Gasteiger partial charge in [-0.05, 0) is 54.5 Å². The summed E-state index contributed by atoms with van der Waals surface area (Å²) in [5.74, 6) is -0.250. The molecule has 0 bridgehead atoms. The van der Waals surface area contributed by atoms with Gasteiger partial charge in [-0.25, -0.2) is 4.39 Å². The summed E-state index contributed by atoms with van der Waals surface area (Å²) in [6, 6.07) is 14.7. The number of benzene rings is 2. The predicted molar refractivity (Wildman–Crippen MR) is 93.8 cm³/mol. The summed E-state index contributed by atoms with van der Waals surface area (Å²) in [6.45, 7) is 1.10. The first-order valence-electron chi connectivity index (χ1n) is 8.92.